The Morgan fingerprint density at radius 1 is 1.19 bits per heavy atom. The number of hydrogen-bond donors (Lipinski definition) is 1. The molecule has 2 atom stereocenters. The number of para-hydroxylation sites is 1. The van der Waals surface area contributed by atoms with Crippen molar-refractivity contribution in [2.24, 2.45) is 0 Å². The van der Waals surface area contributed by atoms with Crippen LogP contribution in [-0.2, 0) is 4.79 Å². The number of carbonyl (C=O) groups excluding carboxylic acids is 1. The van der Waals surface area contributed by atoms with E-state index in [4.69, 9.17) is 9.47 Å². The molecule has 1 heterocycles. The molecule has 1 aliphatic heterocycles. The van der Waals surface area contributed by atoms with E-state index in [-0.39, 0.29) is 5.91 Å². The normalized spacial score (nSPS) is 17.5. The Kier molecular flexibility index (Phi) is 6.12. The van der Waals surface area contributed by atoms with Gasteiger partial charge in [-0.2, -0.15) is 0 Å². The van der Waals surface area contributed by atoms with E-state index in [2.05, 4.69) is 5.32 Å². The summed E-state index contributed by atoms with van der Waals surface area (Å²) < 4.78 is 11.2. The average molecular weight is 354 g/mol. The lowest BCUT2D eigenvalue weighted by molar-refractivity contribution is -0.124. The summed E-state index contributed by atoms with van der Waals surface area (Å²) in [5.74, 6) is 1.37. The first-order valence-electron chi connectivity index (χ1n) is 9.08. The molecule has 138 valence electrons. The number of methoxy groups -OCH3 is 1. The molecule has 1 unspecified atom stereocenters. The van der Waals surface area contributed by atoms with Gasteiger partial charge in [-0.25, -0.2) is 0 Å². The van der Waals surface area contributed by atoms with Crippen molar-refractivity contribution in [2.75, 3.05) is 25.1 Å². The smallest absolute Gasteiger partial charge is 0.267 e. The van der Waals surface area contributed by atoms with E-state index < -0.39 is 6.10 Å². The van der Waals surface area contributed by atoms with Crippen LogP contribution in [0.2, 0.25) is 0 Å². The molecule has 3 rings (SSSR count). The lowest BCUT2D eigenvalue weighted by Crippen LogP contribution is -2.46. The zero-order valence-electron chi connectivity index (χ0n) is 15.4. The van der Waals surface area contributed by atoms with Crippen LogP contribution < -0.4 is 19.7 Å². The number of nitrogens with one attached hydrogen (secondary N) is 1. The molecule has 0 aromatic heterocycles. The number of nitrogens with zero attached hydrogens (tertiary/aromatic N) is 1. The molecule has 0 saturated carbocycles. The van der Waals surface area contributed by atoms with Crippen LogP contribution in [-0.4, -0.2) is 38.3 Å². The summed E-state index contributed by atoms with van der Waals surface area (Å²) in [6.07, 6.45) is 1.63. The Morgan fingerprint density at radius 2 is 1.96 bits per heavy atom. The maximum Gasteiger partial charge on any atom is 0.267 e. The quantitative estimate of drug-likeness (QED) is 0.829. The lowest BCUT2D eigenvalue weighted by atomic mass is 10.1. The SMILES string of the molecule is COc1cccc(N(C[C@H]2CCCN2)C(=O)C(C)Oc2ccccc2)c1. The topological polar surface area (TPSA) is 50.8 Å². The molecule has 0 aliphatic carbocycles. The summed E-state index contributed by atoms with van der Waals surface area (Å²) in [4.78, 5) is 15.0. The summed E-state index contributed by atoms with van der Waals surface area (Å²) in [7, 11) is 1.63. The van der Waals surface area contributed by atoms with E-state index in [1.807, 2.05) is 54.6 Å². The number of carbonyl (C=O) groups is 1. The standard InChI is InChI=1S/C21H26N2O3/c1-16(26-19-10-4-3-5-11-19)21(24)23(15-17-8-7-13-22-17)18-9-6-12-20(14-18)25-2/h3-6,9-12,14,16-17,22H,7-8,13,15H2,1-2H3/t16?,17-/m1/s1. The zero-order chi connectivity index (χ0) is 18.4. The van der Waals surface area contributed by atoms with Crippen molar-refractivity contribution in [1.82, 2.24) is 5.32 Å². The van der Waals surface area contributed by atoms with Gasteiger partial charge >= 0.3 is 0 Å². The summed E-state index contributed by atoms with van der Waals surface area (Å²) in [5.41, 5.74) is 0.826. The van der Waals surface area contributed by atoms with Gasteiger partial charge in [-0.1, -0.05) is 24.3 Å². The molecule has 2 aromatic carbocycles. The minimum Gasteiger partial charge on any atom is -0.497 e. The van der Waals surface area contributed by atoms with Crippen molar-refractivity contribution in [3.05, 3.63) is 54.6 Å². The molecular formula is C21H26N2O3. The van der Waals surface area contributed by atoms with Gasteiger partial charge in [-0.15, -0.1) is 0 Å². The third-order valence-electron chi connectivity index (χ3n) is 4.60. The maximum absolute atomic E-state index is 13.2. The number of hydrogen-bond acceptors (Lipinski definition) is 4. The molecule has 1 amide bonds. The summed E-state index contributed by atoms with van der Waals surface area (Å²) in [6.45, 7) is 3.42. The van der Waals surface area contributed by atoms with Gasteiger partial charge < -0.3 is 19.7 Å². The van der Waals surface area contributed by atoms with E-state index in [1.165, 1.54) is 0 Å². The Balaban J connectivity index is 1.79. The minimum atomic E-state index is -0.579. The van der Waals surface area contributed by atoms with Crippen molar-refractivity contribution >= 4 is 11.6 Å². The second-order valence-corrected chi connectivity index (χ2v) is 6.52. The third kappa shape index (κ3) is 4.55. The largest absolute Gasteiger partial charge is 0.497 e. The summed E-state index contributed by atoms with van der Waals surface area (Å²) in [6, 6.07) is 17.3. The van der Waals surface area contributed by atoms with Gasteiger partial charge in [0.05, 0.1) is 7.11 Å². The highest BCUT2D eigenvalue weighted by Gasteiger charge is 2.27. The van der Waals surface area contributed by atoms with Crippen molar-refractivity contribution in [2.45, 2.75) is 31.9 Å². The van der Waals surface area contributed by atoms with Crippen LogP contribution in [0.15, 0.2) is 54.6 Å². The highest BCUT2D eigenvalue weighted by molar-refractivity contribution is 5.96. The van der Waals surface area contributed by atoms with E-state index in [1.54, 1.807) is 18.9 Å². The van der Waals surface area contributed by atoms with Gasteiger partial charge in [0.15, 0.2) is 6.10 Å². The highest BCUT2D eigenvalue weighted by atomic mass is 16.5. The van der Waals surface area contributed by atoms with Crippen molar-refractivity contribution in [3.63, 3.8) is 0 Å². The predicted octanol–water partition coefficient (Wildman–Crippen LogP) is 3.25. The fourth-order valence-corrected chi connectivity index (χ4v) is 3.21. The average Bonchev–Trinajstić information content (AvgIpc) is 3.19. The van der Waals surface area contributed by atoms with Crippen LogP contribution in [0.25, 0.3) is 0 Å². The van der Waals surface area contributed by atoms with Gasteiger partial charge in [-0.05, 0) is 50.6 Å². The molecule has 0 radical (unpaired) electrons. The van der Waals surface area contributed by atoms with Crippen LogP contribution in [0.5, 0.6) is 11.5 Å². The van der Waals surface area contributed by atoms with Gasteiger partial charge in [0.1, 0.15) is 11.5 Å². The van der Waals surface area contributed by atoms with Crippen LogP contribution in [0, 0.1) is 0 Å². The number of rotatable bonds is 7. The number of amides is 1. The Hall–Kier alpha value is -2.53. The fraction of sp³-hybridized carbons (Fsp3) is 0.381. The molecule has 1 saturated heterocycles. The Bertz CT molecular complexity index is 714. The van der Waals surface area contributed by atoms with Gasteiger partial charge in [0.2, 0.25) is 0 Å². The lowest BCUT2D eigenvalue weighted by Gasteiger charge is -2.29. The monoisotopic (exact) mass is 354 g/mol. The molecule has 1 N–H and O–H groups in total. The Labute approximate surface area is 154 Å². The zero-order valence-corrected chi connectivity index (χ0v) is 15.4. The highest BCUT2D eigenvalue weighted by Crippen LogP contribution is 2.24. The van der Waals surface area contributed by atoms with Crippen LogP contribution in [0.3, 0.4) is 0 Å². The number of anilines is 1. The molecule has 2 aromatic rings. The van der Waals surface area contributed by atoms with E-state index in [9.17, 15) is 4.79 Å². The van der Waals surface area contributed by atoms with E-state index in [0.717, 1.165) is 30.8 Å². The van der Waals surface area contributed by atoms with Gasteiger partial charge in [-0.3, -0.25) is 4.79 Å². The molecule has 1 fully saturated rings. The molecular weight excluding hydrogens is 328 g/mol. The maximum atomic E-state index is 13.2. The molecule has 5 nitrogen and oxygen atoms in total. The molecule has 0 bridgehead atoms. The third-order valence-corrected chi connectivity index (χ3v) is 4.60. The number of ether oxygens (including phenoxy) is 2. The van der Waals surface area contributed by atoms with Crippen LogP contribution in [0.4, 0.5) is 5.69 Å². The molecule has 5 heteroatoms. The molecule has 26 heavy (non-hydrogen) atoms. The first kappa shape index (κ1) is 18.3. The van der Waals surface area contributed by atoms with E-state index in [0.29, 0.717) is 18.3 Å². The molecule has 1 aliphatic rings. The summed E-state index contributed by atoms with van der Waals surface area (Å²) in [5, 5.41) is 3.46. The summed E-state index contributed by atoms with van der Waals surface area (Å²) >= 11 is 0. The van der Waals surface area contributed by atoms with Crippen molar-refractivity contribution in [3.8, 4) is 11.5 Å². The van der Waals surface area contributed by atoms with E-state index >= 15 is 0 Å². The van der Waals surface area contributed by atoms with Crippen LogP contribution >= 0.6 is 0 Å². The fourth-order valence-electron chi connectivity index (χ4n) is 3.21. The Morgan fingerprint density at radius 3 is 2.65 bits per heavy atom. The molecule has 0 spiro atoms. The number of benzene rings is 2. The first-order valence-corrected chi connectivity index (χ1v) is 9.08. The van der Waals surface area contributed by atoms with Crippen LogP contribution in [0.1, 0.15) is 19.8 Å². The minimum absolute atomic E-state index is 0.0594. The van der Waals surface area contributed by atoms with Crippen molar-refractivity contribution < 1.29 is 14.3 Å². The van der Waals surface area contributed by atoms with Crippen molar-refractivity contribution in [1.29, 1.82) is 0 Å². The first-order chi connectivity index (χ1) is 12.7. The second-order valence-electron chi connectivity index (χ2n) is 6.52. The second kappa shape index (κ2) is 8.72. The predicted molar refractivity (Wildman–Crippen MR) is 103 cm³/mol. The van der Waals surface area contributed by atoms with Gasteiger partial charge in [0, 0.05) is 24.3 Å². The van der Waals surface area contributed by atoms with Gasteiger partial charge in [0.25, 0.3) is 5.91 Å².